The van der Waals surface area contributed by atoms with Crippen LogP contribution in [0.3, 0.4) is 0 Å². The average Bonchev–Trinajstić information content (AvgIpc) is 2.69. The Morgan fingerprint density at radius 2 is 2.00 bits per heavy atom. The third-order valence-electron chi connectivity index (χ3n) is 3.36. The summed E-state index contributed by atoms with van der Waals surface area (Å²) >= 11 is 0. The molecule has 0 aliphatic rings. The second kappa shape index (κ2) is 5.90. The standard InChI is InChI=1S/C16H18FNO2/c1-4-20-16(19)14-9-11(2)18(12(14)3)10-13-7-5-6-8-15(13)17/h5-9H,4,10H2,1-3H3. The van der Waals surface area contributed by atoms with Gasteiger partial charge in [-0.2, -0.15) is 0 Å². The van der Waals surface area contributed by atoms with Crippen molar-refractivity contribution in [1.82, 2.24) is 4.57 Å². The summed E-state index contributed by atoms with van der Waals surface area (Å²) in [4.78, 5) is 11.8. The number of halogens is 1. The number of carbonyl (C=O) groups is 1. The van der Waals surface area contributed by atoms with Gasteiger partial charge in [0.15, 0.2) is 0 Å². The number of rotatable bonds is 4. The van der Waals surface area contributed by atoms with E-state index in [0.29, 0.717) is 24.3 Å². The van der Waals surface area contributed by atoms with Gasteiger partial charge in [-0.05, 0) is 32.9 Å². The van der Waals surface area contributed by atoms with Crippen molar-refractivity contribution >= 4 is 5.97 Å². The minimum absolute atomic E-state index is 0.238. The van der Waals surface area contributed by atoms with E-state index < -0.39 is 0 Å². The van der Waals surface area contributed by atoms with Gasteiger partial charge in [0.05, 0.1) is 18.7 Å². The number of hydrogen-bond acceptors (Lipinski definition) is 2. The summed E-state index contributed by atoms with van der Waals surface area (Å²) in [7, 11) is 0. The van der Waals surface area contributed by atoms with Crippen molar-refractivity contribution in [3.63, 3.8) is 0 Å². The summed E-state index contributed by atoms with van der Waals surface area (Å²) in [5.74, 6) is -0.571. The molecule has 0 N–H and O–H groups in total. The number of benzene rings is 1. The largest absolute Gasteiger partial charge is 0.462 e. The first-order valence-corrected chi connectivity index (χ1v) is 6.61. The fraction of sp³-hybridized carbons (Fsp3) is 0.312. The fourth-order valence-electron chi connectivity index (χ4n) is 2.26. The molecule has 1 aromatic heterocycles. The van der Waals surface area contributed by atoms with Crippen LogP contribution in [0.5, 0.6) is 0 Å². The third-order valence-corrected chi connectivity index (χ3v) is 3.36. The lowest BCUT2D eigenvalue weighted by Gasteiger charge is -2.10. The van der Waals surface area contributed by atoms with Crippen LogP contribution < -0.4 is 0 Å². The van der Waals surface area contributed by atoms with E-state index in [-0.39, 0.29) is 11.8 Å². The predicted molar refractivity (Wildman–Crippen MR) is 75.4 cm³/mol. The van der Waals surface area contributed by atoms with Crippen LogP contribution in [-0.2, 0) is 11.3 Å². The molecule has 0 fully saturated rings. The van der Waals surface area contributed by atoms with Crippen molar-refractivity contribution < 1.29 is 13.9 Å². The summed E-state index contributed by atoms with van der Waals surface area (Å²) < 4.78 is 20.7. The maximum Gasteiger partial charge on any atom is 0.339 e. The normalized spacial score (nSPS) is 10.6. The average molecular weight is 275 g/mol. The molecule has 0 bridgehead atoms. The molecule has 3 nitrogen and oxygen atoms in total. The van der Waals surface area contributed by atoms with Crippen LogP contribution in [-0.4, -0.2) is 17.1 Å². The molecule has 0 saturated heterocycles. The topological polar surface area (TPSA) is 31.2 Å². The molecule has 0 radical (unpaired) electrons. The number of nitrogens with zero attached hydrogens (tertiary/aromatic N) is 1. The van der Waals surface area contributed by atoms with Gasteiger partial charge in [0.1, 0.15) is 5.82 Å². The molecule has 1 heterocycles. The zero-order valence-corrected chi connectivity index (χ0v) is 11.9. The monoisotopic (exact) mass is 275 g/mol. The van der Waals surface area contributed by atoms with Crippen molar-refractivity contribution in [2.24, 2.45) is 0 Å². The number of ether oxygens (including phenoxy) is 1. The Bertz CT molecular complexity index is 631. The summed E-state index contributed by atoms with van der Waals surface area (Å²) in [6, 6.07) is 8.44. The van der Waals surface area contributed by atoms with Gasteiger partial charge in [0, 0.05) is 17.0 Å². The van der Waals surface area contributed by atoms with Crippen molar-refractivity contribution in [2.45, 2.75) is 27.3 Å². The van der Waals surface area contributed by atoms with Gasteiger partial charge in [-0.1, -0.05) is 18.2 Å². The summed E-state index contributed by atoms with van der Waals surface area (Å²) in [5, 5.41) is 0. The Morgan fingerprint density at radius 1 is 1.30 bits per heavy atom. The highest BCUT2D eigenvalue weighted by Gasteiger charge is 2.17. The highest BCUT2D eigenvalue weighted by molar-refractivity contribution is 5.91. The molecular weight excluding hydrogens is 257 g/mol. The highest BCUT2D eigenvalue weighted by atomic mass is 19.1. The van der Waals surface area contributed by atoms with Gasteiger partial charge in [0.2, 0.25) is 0 Å². The molecule has 0 unspecified atom stereocenters. The second-order valence-electron chi connectivity index (χ2n) is 4.68. The second-order valence-corrected chi connectivity index (χ2v) is 4.68. The lowest BCUT2D eigenvalue weighted by atomic mass is 10.2. The van der Waals surface area contributed by atoms with Gasteiger partial charge in [-0.15, -0.1) is 0 Å². The Labute approximate surface area is 118 Å². The van der Waals surface area contributed by atoms with Gasteiger partial charge in [-0.3, -0.25) is 0 Å². The van der Waals surface area contributed by atoms with Crippen LogP contribution in [0.15, 0.2) is 30.3 Å². The van der Waals surface area contributed by atoms with Gasteiger partial charge < -0.3 is 9.30 Å². The van der Waals surface area contributed by atoms with E-state index in [1.54, 1.807) is 31.2 Å². The van der Waals surface area contributed by atoms with Crippen LogP contribution in [0.2, 0.25) is 0 Å². The maximum absolute atomic E-state index is 13.7. The molecule has 0 aliphatic carbocycles. The van der Waals surface area contributed by atoms with Crippen LogP contribution in [0.4, 0.5) is 4.39 Å². The Balaban J connectivity index is 2.34. The van der Waals surface area contributed by atoms with Crippen LogP contribution in [0.25, 0.3) is 0 Å². The number of hydrogen-bond donors (Lipinski definition) is 0. The van der Waals surface area contributed by atoms with Crippen molar-refractivity contribution in [3.05, 3.63) is 58.7 Å². The van der Waals surface area contributed by atoms with Crippen molar-refractivity contribution in [3.8, 4) is 0 Å². The van der Waals surface area contributed by atoms with Gasteiger partial charge in [-0.25, -0.2) is 9.18 Å². The summed E-state index contributed by atoms with van der Waals surface area (Å²) in [6.45, 7) is 6.27. The van der Waals surface area contributed by atoms with Crippen molar-refractivity contribution in [1.29, 1.82) is 0 Å². The molecule has 2 rings (SSSR count). The Kier molecular flexibility index (Phi) is 4.23. The van der Waals surface area contributed by atoms with Gasteiger partial charge >= 0.3 is 5.97 Å². The third kappa shape index (κ3) is 2.74. The predicted octanol–water partition coefficient (Wildman–Crippen LogP) is 3.47. The molecule has 2 aromatic rings. The molecule has 0 saturated carbocycles. The lowest BCUT2D eigenvalue weighted by Crippen LogP contribution is -2.09. The van der Waals surface area contributed by atoms with E-state index in [4.69, 9.17) is 4.74 Å². The quantitative estimate of drug-likeness (QED) is 0.800. The molecule has 0 spiro atoms. The fourth-order valence-corrected chi connectivity index (χ4v) is 2.26. The zero-order valence-electron chi connectivity index (χ0n) is 11.9. The molecule has 0 amide bonds. The summed E-state index contributed by atoms with van der Waals surface area (Å²) in [5.41, 5.74) is 2.85. The Morgan fingerprint density at radius 3 is 2.65 bits per heavy atom. The lowest BCUT2D eigenvalue weighted by molar-refractivity contribution is 0.0525. The molecule has 20 heavy (non-hydrogen) atoms. The molecule has 0 atom stereocenters. The smallest absolute Gasteiger partial charge is 0.339 e. The number of carbonyl (C=O) groups excluding carboxylic acids is 1. The molecule has 4 heteroatoms. The first-order valence-electron chi connectivity index (χ1n) is 6.61. The first-order chi connectivity index (χ1) is 9.54. The molecular formula is C16H18FNO2. The number of aryl methyl sites for hydroxylation is 1. The van der Waals surface area contributed by atoms with E-state index in [1.807, 2.05) is 18.4 Å². The minimum Gasteiger partial charge on any atom is -0.462 e. The van der Waals surface area contributed by atoms with Crippen LogP contribution >= 0.6 is 0 Å². The van der Waals surface area contributed by atoms with E-state index >= 15 is 0 Å². The van der Waals surface area contributed by atoms with E-state index in [0.717, 1.165) is 11.4 Å². The van der Waals surface area contributed by atoms with Crippen molar-refractivity contribution in [2.75, 3.05) is 6.61 Å². The minimum atomic E-state index is -0.333. The van der Waals surface area contributed by atoms with E-state index in [1.165, 1.54) is 6.07 Å². The maximum atomic E-state index is 13.7. The van der Waals surface area contributed by atoms with Crippen LogP contribution in [0.1, 0.15) is 34.2 Å². The molecule has 1 aromatic carbocycles. The number of esters is 1. The van der Waals surface area contributed by atoms with E-state index in [9.17, 15) is 9.18 Å². The SMILES string of the molecule is CCOC(=O)c1cc(C)n(Cc2ccccc2F)c1C. The molecule has 0 aliphatic heterocycles. The highest BCUT2D eigenvalue weighted by Crippen LogP contribution is 2.19. The Hall–Kier alpha value is -2.10. The summed E-state index contributed by atoms with van der Waals surface area (Å²) in [6.07, 6.45) is 0. The first kappa shape index (κ1) is 14.3. The zero-order chi connectivity index (χ0) is 14.7. The van der Waals surface area contributed by atoms with Crippen LogP contribution in [0, 0.1) is 19.7 Å². The van der Waals surface area contributed by atoms with Gasteiger partial charge in [0.25, 0.3) is 0 Å². The molecule has 106 valence electrons. The van der Waals surface area contributed by atoms with E-state index in [2.05, 4.69) is 0 Å². The number of aromatic nitrogens is 1.